The first-order chi connectivity index (χ1) is 9.51. The van der Waals surface area contributed by atoms with Gasteiger partial charge >= 0.3 is 0 Å². The molecule has 0 aliphatic heterocycles. The van der Waals surface area contributed by atoms with Crippen LogP contribution in [0.3, 0.4) is 0 Å². The SMILES string of the molecule is CNC(C)c1ccc(Oc2ccc(F)c(Br)c2)c(Cl)c1. The number of hydrogen-bond acceptors (Lipinski definition) is 2. The van der Waals surface area contributed by atoms with Crippen LogP contribution in [0.15, 0.2) is 40.9 Å². The third-order valence-electron chi connectivity index (χ3n) is 3.01. The van der Waals surface area contributed by atoms with Crippen LogP contribution in [0, 0.1) is 5.82 Å². The molecule has 1 atom stereocenters. The molecule has 0 fully saturated rings. The summed E-state index contributed by atoms with van der Waals surface area (Å²) in [4.78, 5) is 0. The molecule has 0 aliphatic rings. The fourth-order valence-corrected chi connectivity index (χ4v) is 2.29. The second-order valence-corrected chi connectivity index (χ2v) is 5.64. The Balaban J connectivity index is 2.23. The summed E-state index contributed by atoms with van der Waals surface area (Å²) in [5.41, 5.74) is 1.07. The average molecular weight is 359 g/mol. The number of halogens is 3. The van der Waals surface area contributed by atoms with Crippen molar-refractivity contribution in [3.8, 4) is 11.5 Å². The predicted octanol–water partition coefficient (Wildman–Crippen LogP) is 5.31. The normalized spacial score (nSPS) is 12.2. The van der Waals surface area contributed by atoms with Crippen LogP contribution in [0.25, 0.3) is 0 Å². The van der Waals surface area contributed by atoms with Crippen molar-refractivity contribution in [2.24, 2.45) is 0 Å². The van der Waals surface area contributed by atoms with Crippen LogP contribution in [0.5, 0.6) is 11.5 Å². The van der Waals surface area contributed by atoms with Crippen LogP contribution in [0.2, 0.25) is 5.02 Å². The van der Waals surface area contributed by atoms with Crippen molar-refractivity contribution in [2.75, 3.05) is 7.05 Å². The monoisotopic (exact) mass is 357 g/mol. The Bertz CT molecular complexity index is 621. The minimum atomic E-state index is -0.332. The first kappa shape index (κ1) is 15.3. The van der Waals surface area contributed by atoms with Gasteiger partial charge in [0.1, 0.15) is 17.3 Å². The van der Waals surface area contributed by atoms with E-state index in [1.54, 1.807) is 12.1 Å². The third-order valence-corrected chi connectivity index (χ3v) is 3.91. The maximum atomic E-state index is 13.2. The zero-order chi connectivity index (χ0) is 14.7. The van der Waals surface area contributed by atoms with Crippen molar-refractivity contribution in [1.29, 1.82) is 0 Å². The molecule has 2 nitrogen and oxygen atoms in total. The van der Waals surface area contributed by atoms with Crippen molar-refractivity contribution in [3.63, 3.8) is 0 Å². The van der Waals surface area contributed by atoms with Crippen LogP contribution in [-0.2, 0) is 0 Å². The van der Waals surface area contributed by atoms with Gasteiger partial charge in [-0.1, -0.05) is 17.7 Å². The van der Waals surface area contributed by atoms with Crippen LogP contribution < -0.4 is 10.1 Å². The Morgan fingerprint density at radius 2 is 2.00 bits per heavy atom. The molecule has 0 bridgehead atoms. The lowest BCUT2D eigenvalue weighted by Gasteiger charge is -2.13. The molecule has 0 amide bonds. The largest absolute Gasteiger partial charge is 0.456 e. The van der Waals surface area contributed by atoms with Gasteiger partial charge in [0.15, 0.2) is 0 Å². The summed E-state index contributed by atoms with van der Waals surface area (Å²) in [7, 11) is 1.89. The van der Waals surface area contributed by atoms with E-state index in [9.17, 15) is 4.39 Å². The Hall–Kier alpha value is -1.10. The van der Waals surface area contributed by atoms with Crippen molar-refractivity contribution in [1.82, 2.24) is 5.32 Å². The van der Waals surface area contributed by atoms with Gasteiger partial charge in [-0.15, -0.1) is 0 Å². The van der Waals surface area contributed by atoms with E-state index in [1.165, 1.54) is 6.07 Å². The Morgan fingerprint density at radius 3 is 2.60 bits per heavy atom. The first-order valence-electron chi connectivity index (χ1n) is 6.11. The standard InChI is InChI=1S/C15H14BrClFNO/c1-9(19-2)10-3-6-15(13(17)7-10)20-11-4-5-14(18)12(16)8-11/h3-9,19H,1-2H3. The van der Waals surface area contributed by atoms with E-state index in [0.29, 0.717) is 21.0 Å². The Morgan fingerprint density at radius 1 is 1.25 bits per heavy atom. The topological polar surface area (TPSA) is 21.3 Å². The summed E-state index contributed by atoms with van der Waals surface area (Å²) in [6, 6.07) is 10.3. The smallest absolute Gasteiger partial charge is 0.146 e. The van der Waals surface area contributed by atoms with Gasteiger partial charge in [-0.25, -0.2) is 4.39 Å². The lowest BCUT2D eigenvalue weighted by molar-refractivity contribution is 0.479. The fourth-order valence-electron chi connectivity index (χ4n) is 1.70. The Labute approximate surface area is 131 Å². The van der Waals surface area contributed by atoms with Gasteiger partial charge in [0.25, 0.3) is 0 Å². The van der Waals surface area contributed by atoms with Gasteiger partial charge in [-0.3, -0.25) is 0 Å². The zero-order valence-electron chi connectivity index (χ0n) is 11.1. The summed E-state index contributed by atoms with van der Waals surface area (Å²) in [6.45, 7) is 2.04. The van der Waals surface area contributed by atoms with Gasteiger partial charge in [0.2, 0.25) is 0 Å². The molecule has 0 saturated heterocycles. The fraction of sp³-hybridized carbons (Fsp3) is 0.200. The molecule has 0 saturated carbocycles. The van der Waals surface area contributed by atoms with E-state index in [4.69, 9.17) is 16.3 Å². The molecule has 2 aromatic rings. The molecular formula is C15H14BrClFNO. The number of rotatable bonds is 4. The molecule has 0 spiro atoms. The second-order valence-electron chi connectivity index (χ2n) is 4.38. The van der Waals surface area contributed by atoms with E-state index in [1.807, 2.05) is 32.2 Å². The molecule has 2 rings (SSSR count). The lowest BCUT2D eigenvalue weighted by atomic mass is 10.1. The van der Waals surface area contributed by atoms with Crippen molar-refractivity contribution in [3.05, 3.63) is 57.3 Å². The molecule has 5 heteroatoms. The highest BCUT2D eigenvalue weighted by Crippen LogP contribution is 2.33. The molecule has 106 valence electrons. The van der Waals surface area contributed by atoms with E-state index in [0.717, 1.165) is 5.56 Å². The van der Waals surface area contributed by atoms with E-state index < -0.39 is 0 Å². The van der Waals surface area contributed by atoms with Crippen molar-refractivity contribution >= 4 is 27.5 Å². The first-order valence-corrected chi connectivity index (χ1v) is 7.28. The van der Waals surface area contributed by atoms with Gasteiger partial charge in [-0.05, 0) is 65.8 Å². The molecule has 2 aromatic carbocycles. The maximum absolute atomic E-state index is 13.2. The number of ether oxygens (including phenoxy) is 1. The molecule has 1 N–H and O–H groups in total. The van der Waals surface area contributed by atoms with Gasteiger partial charge in [0.05, 0.1) is 9.50 Å². The predicted molar refractivity (Wildman–Crippen MR) is 83.1 cm³/mol. The average Bonchev–Trinajstić information content (AvgIpc) is 2.44. The molecule has 0 aliphatic carbocycles. The van der Waals surface area contributed by atoms with E-state index in [-0.39, 0.29) is 11.9 Å². The maximum Gasteiger partial charge on any atom is 0.146 e. The highest BCUT2D eigenvalue weighted by Gasteiger charge is 2.09. The molecule has 1 unspecified atom stereocenters. The van der Waals surface area contributed by atoms with Crippen LogP contribution in [0.1, 0.15) is 18.5 Å². The minimum Gasteiger partial charge on any atom is -0.456 e. The minimum absolute atomic E-state index is 0.210. The van der Waals surface area contributed by atoms with Crippen LogP contribution in [0.4, 0.5) is 4.39 Å². The van der Waals surface area contributed by atoms with E-state index >= 15 is 0 Å². The Kier molecular flexibility index (Phi) is 5.02. The molecule has 20 heavy (non-hydrogen) atoms. The number of hydrogen-bond donors (Lipinski definition) is 1. The second kappa shape index (κ2) is 6.57. The summed E-state index contributed by atoms with van der Waals surface area (Å²) in [5.74, 6) is 0.730. The molecule has 0 heterocycles. The summed E-state index contributed by atoms with van der Waals surface area (Å²) in [5, 5.41) is 3.66. The van der Waals surface area contributed by atoms with Crippen LogP contribution >= 0.6 is 27.5 Å². The van der Waals surface area contributed by atoms with Gasteiger partial charge in [-0.2, -0.15) is 0 Å². The van der Waals surface area contributed by atoms with E-state index in [2.05, 4.69) is 21.2 Å². The summed E-state index contributed by atoms with van der Waals surface area (Å²) < 4.78 is 19.2. The highest BCUT2D eigenvalue weighted by molar-refractivity contribution is 9.10. The van der Waals surface area contributed by atoms with Gasteiger partial charge in [0, 0.05) is 6.04 Å². The molecule has 0 aromatic heterocycles. The number of benzene rings is 2. The molecular weight excluding hydrogens is 345 g/mol. The van der Waals surface area contributed by atoms with Crippen LogP contribution in [-0.4, -0.2) is 7.05 Å². The van der Waals surface area contributed by atoms with Gasteiger partial charge < -0.3 is 10.1 Å². The highest BCUT2D eigenvalue weighted by atomic mass is 79.9. The molecule has 0 radical (unpaired) electrons. The quantitative estimate of drug-likeness (QED) is 0.799. The van der Waals surface area contributed by atoms with Crippen molar-refractivity contribution in [2.45, 2.75) is 13.0 Å². The lowest BCUT2D eigenvalue weighted by Crippen LogP contribution is -2.12. The van der Waals surface area contributed by atoms with Crippen molar-refractivity contribution < 1.29 is 9.13 Å². The third kappa shape index (κ3) is 3.51. The summed E-state index contributed by atoms with van der Waals surface area (Å²) >= 11 is 9.33. The number of nitrogens with one attached hydrogen (secondary N) is 1. The summed E-state index contributed by atoms with van der Waals surface area (Å²) in [6.07, 6.45) is 0. The zero-order valence-corrected chi connectivity index (χ0v) is 13.4.